The van der Waals surface area contributed by atoms with Crippen LogP contribution in [0.4, 0.5) is 0 Å². The molecule has 0 saturated carbocycles. The number of benzene rings is 2. The van der Waals surface area contributed by atoms with Gasteiger partial charge in [-0.05, 0) is 29.8 Å². The number of amides is 1. The molecule has 0 saturated heterocycles. The highest BCUT2D eigenvalue weighted by atomic mass is 35.5. The van der Waals surface area contributed by atoms with Crippen LogP contribution in [0.15, 0.2) is 42.5 Å². The second-order valence-corrected chi connectivity index (χ2v) is 6.05. The molecule has 0 fully saturated rings. The number of rotatable bonds is 6. The van der Waals surface area contributed by atoms with Crippen LogP contribution in [0.1, 0.15) is 17.5 Å². The standard InChI is InChI=1S/C18H16Cl2N2O2/c1-22(12-14-4-2-3-13(9-14)11-21)18(23)7-8-24-15-5-6-16(19)17(20)10-15/h2-6,9-10H,7-8,12H2,1H3. The van der Waals surface area contributed by atoms with Crippen LogP contribution in [0.3, 0.4) is 0 Å². The van der Waals surface area contributed by atoms with Crippen LogP contribution in [-0.4, -0.2) is 24.5 Å². The Morgan fingerprint density at radius 3 is 2.71 bits per heavy atom. The first-order valence-electron chi connectivity index (χ1n) is 7.30. The van der Waals surface area contributed by atoms with E-state index < -0.39 is 0 Å². The summed E-state index contributed by atoms with van der Waals surface area (Å²) < 4.78 is 5.52. The SMILES string of the molecule is CN(Cc1cccc(C#N)c1)C(=O)CCOc1ccc(Cl)c(Cl)c1. The van der Waals surface area contributed by atoms with Gasteiger partial charge in [0, 0.05) is 19.7 Å². The molecule has 0 N–H and O–H groups in total. The highest BCUT2D eigenvalue weighted by molar-refractivity contribution is 6.42. The van der Waals surface area contributed by atoms with E-state index in [2.05, 4.69) is 6.07 Å². The smallest absolute Gasteiger partial charge is 0.226 e. The van der Waals surface area contributed by atoms with Crippen molar-refractivity contribution in [3.05, 3.63) is 63.6 Å². The fraction of sp³-hybridized carbons (Fsp3) is 0.222. The van der Waals surface area contributed by atoms with Crippen molar-refractivity contribution in [2.24, 2.45) is 0 Å². The first-order valence-corrected chi connectivity index (χ1v) is 8.06. The zero-order chi connectivity index (χ0) is 17.5. The van der Waals surface area contributed by atoms with Crippen LogP contribution < -0.4 is 4.74 Å². The summed E-state index contributed by atoms with van der Waals surface area (Å²) in [6.07, 6.45) is 0.245. The monoisotopic (exact) mass is 362 g/mol. The summed E-state index contributed by atoms with van der Waals surface area (Å²) in [6, 6.07) is 14.3. The summed E-state index contributed by atoms with van der Waals surface area (Å²) in [4.78, 5) is 13.8. The van der Waals surface area contributed by atoms with Crippen LogP contribution >= 0.6 is 23.2 Å². The number of ether oxygens (including phenoxy) is 1. The van der Waals surface area contributed by atoms with Crippen LogP contribution in [0.2, 0.25) is 10.0 Å². The van der Waals surface area contributed by atoms with E-state index in [9.17, 15) is 4.79 Å². The van der Waals surface area contributed by atoms with Gasteiger partial charge in [-0.3, -0.25) is 4.79 Å². The molecule has 0 aliphatic rings. The minimum atomic E-state index is -0.0441. The Kier molecular flexibility index (Phi) is 6.48. The maximum Gasteiger partial charge on any atom is 0.226 e. The van der Waals surface area contributed by atoms with Crippen LogP contribution in [-0.2, 0) is 11.3 Å². The van der Waals surface area contributed by atoms with Crippen molar-refractivity contribution in [2.45, 2.75) is 13.0 Å². The molecule has 124 valence electrons. The van der Waals surface area contributed by atoms with Gasteiger partial charge in [-0.15, -0.1) is 0 Å². The maximum atomic E-state index is 12.1. The van der Waals surface area contributed by atoms with Gasteiger partial charge in [-0.25, -0.2) is 0 Å². The molecule has 0 atom stereocenters. The van der Waals surface area contributed by atoms with Crippen molar-refractivity contribution in [2.75, 3.05) is 13.7 Å². The molecule has 0 radical (unpaired) electrons. The molecule has 4 nitrogen and oxygen atoms in total. The number of carbonyl (C=O) groups excluding carboxylic acids is 1. The summed E-state index contributed by atoms with van der Waals surface area (Å²) in [5.41, 5.74) is 1.49. The quantitative estimate of drug-likeness (QED) is 0.769. The second kappa shape index (κ2) is 8.58. The Hall–Kier alpha value is -2.22. The van der Waals surface area contributed by atoms with E-state index in [1.807, 2.05) is 6.07 Å². The van der Waals surface area contributed by atoms with Crippen LogP contribution in [0.5, 0.6) is 5.75 Å². The van der Waals surface area contributed by atoms with Gasteiger partial charge in [0.05, 0.1) is 34.7 Å². The predicted octanol–water partition coefficient (Wildman–Crippen LogP) is 4.29. The van der Waals surface area contributed by atoms with Crippen molar-refractivity contribution in [3.8, 4) is 11.8 Å². The first-order chi connectivity index (χ1) is 11.5. The van der Waals surface area contributed by atoms with Gasteiger partial charge in [0.15, 0.2) is 0 Å². The van der Waals surface area contributed by atoms with Crippen LogP contribution in [0.25, 0.3) is 0 Å². The Bertz CT molecular complexity index is 772. The molecule has 0 bridgehead atoms. The number of hydrogen-bond acceptors (Lipinski definition) is 3. The Morgan fingerprint density at radius 1 is 1.21 bits per heavy atom. The molecular weight excluding hydrogens is 347 g/mol. The predicted molar refractivity (Wildman–Crippen MR) is 94.2 cm³/mol. The molecule has 1 amide bonds. The molecular formula is C18H16Cl2N2O2. The Labute approximate surface area is 151 Å². The minimum Gasteiger partial charge on any atom is -0.493 e. The molecule has 0 aliphatic heterocycles. The van der Waals surface area contributed by atoms with E-state index in [0.29, 0.717) is 27.9 Å². The number of halogens is 2. The fourth-order valence-electron chi connectivity index (χ4n) is 2.11. The van der Waals surface area contributed by atoms with Gasteiger partial charge in [0.25, 0.3) is 0 Å². The average Bonchev–Trinajstić information content (AvgIpc) is 2.58. The Balaban J connectivity index is 1.83. The van der Waals surface area contributed by atoms with E-state index in [-0.39, 0.29) is 18.9 Å². The van der Waals surface area contributed by atoms with Gasteiger partial charge in [0.1, 0.15) is 5.75 Å². The number of nitrogens with zero attached hydrogens (tertiary/aromatic N) is 2. The molecule has 2 aromatic rings. The summed E-state index contributed by atoms with van der Waals surface area (Å²) >= 11 is 11.7. The van der Waals surface area contributed by atoms with Crippen molar-refractivity contribution in [3.63, 3.8) is 0 Å². The van der Waals surface area contributed by atoms with Gasteiger partial charge < -0.3 is 9.64 Å². The van der Waals surface area contributed by atoms with E-state index in [4.69, 9.17) is 33.2 Å². The van der Waals surface area contributed by atoms with E-state index >= 15 is 0 Å². The third kappa shape index (κ3) is 5.16. The highest BCUT2D eigenvalue weighted by Crippen LogP contribution is 2.26. The summed E-state index contributed by atoms with van der Waals surface area (Å²) in [7, 11) is 1.72. The third-order valence-corrected chi connectivity index (χ3v) is 4.12. The first kappa shape index (κ1) is 18.1. The summed E-state index contributed by atoms with van der Waals surface area (Å²) in [5.74, 6) is 0.527. The lowest BCUT2D eigenvalue weighted by Crippen LogP contribution is -2.27. The fourth-order valence-corrected chi connectivity index (χ4v) is 2.40. The molecule has 24 heavy (non-hydrogen) atoms. The molecule has 0 aromatic heterocycles. The van der Waals surface area contributed by atoms with E-state index in [1.165, 1.54) is 0 Å². The number of carbonyl (C=O) groups is 1. The van der Waals surface area contributed by atoms with E-state index in [0.717, 1.165) is 5.56 Å². The molecule has 0 unspecified atom stereocenters. The zero-order valence-electron chi connectivity index (χ0n) is 13.1. The molecule has 6 heteroatoms. The largest absolute Gasteiger partial charge is 0.493 e. The minimum absolute atomic E-state index is 0.0441. The number of hydrogen-bond donors (Lipinski definition) is 0. The van der Waals surface area contributed by atoms with Gasteiger partial charge >= 0.3 is 0 Å². The molecule has 0 heterocycles. The zero-order valence-corrected chi connectivity index (χ0v) is 14.6. The van der Waals surface area contributed by atoms with Crippen LogP contribution in [0, 0.1) is 11.3 Å². The normalized spacial score (nSPS) is 10.1. The van der Waals surface area contributed by atoms with Crippen molar-refractivity contribution in [1.82, 2.24) is 4.90 Å². The van der Waals surface area contributed by atoms with Gasteiger partial charge in [-0.2, -0.15) is 5.26 Å². The van der Waals surface area contributed by atoms with Crippen molar-refractivity contribution >= 4 is 29.1 Å². The molecule has 2 rings (SSSR count). The maximum absolute atomic E-state index is 12.1. The lowest BCUT2D eigenvalue weighted by atomic mass is 10.1. The lowest BCUT2D eigenvalue weighted by Gasteiger charge is -2.17. The van der Waals surface area contributed by atoms with E-state index in [1.54, 1.807) is 48.3 Å². The lowest BCUT2D eigenvalue weighted by molar-refractivity contribution is -0.130. The molecule has 0 aliphatic carbocycles. The topological polar surface area (TPSA) is 53.3 Å². The molecule has 0 spiro atoms. The summed E-state index contributed by atoms with van der Waals surface area (Å²) in [5, 5.41) is 9.77. The summed E-state index contributed by atoms with van der Waals surface area (Å²) in [6.45, 7) is 0.695. The average molecular weight is 363 g/mol. The van der Waals surface area contributed by atoms with Gasteiger partial charge in [-0.1, -0.05) is 35.3 Å². The van der Waals surface area contributed by atoms with Gasteiger partial charge in [0.2, 0.25) is 5.91 Å². The number of nitriles is 1. The second-order valence-electron chi connectivity index (χ2n) is 5.24. The molecule has 2 aromatic carbocycles. The van der Waals surface area contributed by atoms with Crippen molar-refractivity contribution < 1.29 is 9.53 Å². The third-order valence-electron chi connectivity index (χ3n) is 3.38. The Morgan fingerprint density at radius 2 is 2.00 bits per heavy atom. The van der Waals surface area contributed by atoms with Crippen molar-refractivity contribution in [1.29, 1.82) is 5.26 Å². The highest BCUT2D eigenvalue weighted by Gasteiger charge is 2.10.